The number of amides is 2. The molecule has 8 nitrogen and oxygen atoms in total. The summed E-state index contributed by atoms with van der Waals surface area (Å²) in [5.41, 5.74) is 1.38. The van der Waals surface area contributed by atoms with Crippen LogP contribution in [-0.2, 0) is 4.79 Å². The summed E-state index contributed by atoms with van der Waals surface area (Å²) in [6.45, 7) is 5.33. The van der Waals surface area contributed by atoms with E-state index in [0.717, 1.165) is 44.8 Å². The molecule has 1 atom stereocenters. The molecule has 2 fully saturated rings. The van der Waals surface area contributed by atoms with Crippen molar-refractivity contribution >= 4 is 17.5 Å². The van der Waals surface area contributed by atoms with Crippen LogP contribution in [0.5, 0.6) is 0 Å². The molecule has 2 aromatic rings. The molecule has 4 rings (SSSR count). The average molecular weight is 370 g/mol. The summed E-state index contributed by atoms with van der Waals surface area (Å²) in [7, 11) is 2.03. The molecule has 1 unspecified atom stereocenters. The van der Waals surface area contributed by atoms with Gasteiger partial charge in [0.2, 0.25) is 5.91 Å². The number of piperazine rings is 1. The third-order valence-corrected chi connectivity index (χ3v) is 5.71. The largest absolute Gasteiger partial charge is 0.340 e. The zero-order chi connectivity index (χ0) is 19.0. The predicted octanol–water partition coefficient (Wildman–Crippen LogP) is 1.19. The molecule has 4 heterocycles. The number of hydrogen-bond acceptors (Lipinski definition) is 5. The van der Waals surface area contributed by atoms with Crippen molar-refractivity contribution in [3.63, 3.8) is 0 Å². The fourth-order valence-corrected chi connectivity index (χ4v) is 3.98. The average Bonchev–Trinajstić information content (AvgIpc) is 3.11. The Kier molecular flexibility index (Phi) is 4.82. The van der Waals surface area contributed by atoms with E-state index in [0.29, 0.717) is 17.8 Å². The molecule has 2 saturated heterocycles. The molecule has 0 spiro atoms. The number of rotatable bonds is 2. The number of hydrogen-bond donors (Lipinski definition) is 0. The van der Waals surface area contributed by atoms with Gasteiger partial charge in [0.25, 0.3) is 5.91 Å². The molecule has 2 aliphatic heterocycles. The van der Waals surface area contributed by atoms with Crippen LogP contribution in [0.25, 0.3) is 5.65 Å². The first-order chi connectivity index (χ1) is 13.0. The Morgan fingerprint density at radius 1 is 1.00 bits per heavy atom. The van der Waals surface area contributed by atoms with E-state index in [-0.39, 0.29) is 17.9 Å². The van der Waals surface area contributed by atoms with E-state index in [9.17, 15) is 9.59 Å². The SMILES string of the molecule is CC(=O)N1CCN(C)C(c2nnc3ccc(C(=O)N4CCCCC4)cn23)C1. The first-order valence-electron chi connectivity index (χ1n) is 9.64. The van der Waals surface area contributed by atoms with Gasteiger partial charge >= 0.3 is 0 Å². The van der Waals surface area contributed by atoms with Crippen molar-refractivity contribution in [3.05, 3.63) is 29.7 Å². The van der Waals surface area contributed by atoms with Gasteiger partial charge in [-0.05, 0) is 38.4 Å². The fraction of sp³-hybridized carbons (Fsp3) is 0.579. The van der Waals surface area contributed by atoms with Gasteiger partial charge in [0.1, 0.15) is 0 Å². The number of likely N-dealkylation sites (tertiary alicyclic amines) is 1. The highest BCUT2D eigenvalue weighted by Crippen LogP contribution is 2.24. The molecule has 2 amide bonds. The highest BCUT2D eigenvalue weighted by atomic mass is 16.2. The van der Waals surface area contributed by atoms with Gasteiger partial charge in [-0.1, -0.05) is 0 Å². The van der Waals surface area contributed by atoms with Crippen molar-refractivity contribution in [2.24, 2.45) is 0 Å². The highest BCUT2D eigenvalue weighted by Gasteiger charge is 2.30. The predicted molar refractivity (Wildman–Crippen MR) is 100 cm³/mol. The monoisotopic (exact) mass is 370 g/mol. The van der Waals surface area contributed by atoms with Crippen molar-refractivity contribution in [1.29, 1.82) is 0 Å². The molecule has 2 aliphatic rings. The molecule has 0 aliphatic carbocycles. The zero-order valence-electron chi connectivity index (χ0n) is 16.0. The number of nitrogens with zero attached hydrogens (tertiary/aromatic N) is 6. The summed E-state index contributed by atoms with van der Waals surface area (Å²) in [6.07, 6.45) is 5.18. The van der Waals surface area contributed by atoms with E-state index < -0.39 is 0 Å². The highest BCUT2D eigenvalue weighted by molar-refractivity contribution is 5.94. The zero-order valence-corrected chi connectivity index (χ0v) is 16.0. The first-order valence-corrected chi connectivity index (χ1v) is 9.64. The second-order valence-corrected chi connectivity index (χ2v) is 7.52. The molecule has 0 saturated carbocycles. The Labute approximate surface area is 158 Å². The lowest BCUT2D eigenvalue weighted by molar-refractivity contribution is -0.131. The Bertz CT molecular complexity index is 857. The Hall–Kier alpha value is -2.48. The minimum absolute atomic E-state index is 0.0435. The van der Waals surface area contributed by atoms with Crippen LogP contribution in [0.4, 0.5) is 0 Å². The molecular weight excluding hydrogens is 344 g/mol. The fourth-order valence-electron chi connectivity index (χ4n) is 3.98. The number of fused-ring (bicyclic) bond motifs is 1. The summed E-state index contributed by atoms with van der Waals surface area (Å²) in [5, 5.41) is 8.65. The number of carbonyl (C=O) groups is 2. The lowest BCUT2D eigenvalue weighted by Gasteiger charge is -2.38. The van der Waals surface area contributed by atoms with Gasteiger partial charge in [-0.3, -0.25) is 18.9 Å². The van der Waals surface area contributed by atoms with Gasteiger partial charge < -0.3 is 9.80 Å². The van der Waals surface area contributed by atoms with Crippen LogP contribution >= 0.6 is 0 Å². The maximum Gasteiger partial charge on any atom is 0.255 e. The quantitative estimate of drug-likeness (QED) is 0.794. The number of piperidine rings is 1. The minimum Gasteiger partial charge on any atom is -0.340 e. The Balaban J connectivity index is 1.65. The molecule has 144 valence electrons. The molecule has 0 aromatic carbocycles. The van der Waals surface area contributed by atoms with Crippen molar-refractivity contribution < 1.29 is 9.59 Å². The van der Waals surface area contributed by atoms with Gasteiger partial charge in [-0.2, -0.15) is 0 Å². The van der Waals surface area contributed by atoms with Crippen LogP contribution in [0.15, 0.2) is 18.3 Å². The number of carbonyl (C=O) groups excluding carboxylic acids is 2. The Morgan fingerprint density at radius 3 is 2.52 bits per heavy atom. The topological polar surface area (TPSA) is 74.0 Å². The van der Waals surface area contributed by atoms with Gasteiger partial charge in [-0.25, -0.2) is 0 Å². The van der Waals surface area contributed by atoms with Crippen LogP contribution in [0.1, 0.15) is 48.4 Å². The summed E-state index contributed by atoms with van der Waals surface area (Å²) < 4.78 is 1.90. The molecule has 0 radical (unpaired) electrons. The van der Waals surface area contributed by atoms with Gasteiger partial charge in [-0.15, -0.1) is 10.2 Å². The smallest absolute Gasteiger partial charge is 0.255 e. The number of pyridine rings is 1. The lowest BCUT2D eigenvalue weighted by Crippen LogP contribution is -2.48. The van der Waals surface area contributed by atoms with Crippen molar-refractivity contribution in [1.82, 2.24) is 29.3 Å². The Morgan fingerprint density at radius 2 is 1.78 bits per heavy atom. The second kappa shape index (κ2) is 7.26. The van der Waals surface area contributed by atoms with Crippen molar-refractivity contribution in [2.45, 2.75) is 32.2 Å². The molecule has 8 heteroatoms. The summed E-state index contributed by atoms with van der Waals surface area (Å²) in [5.74, 6) is 0.910. The van der Waals surface area contributed by atoms with Crippen molar-refractivity contribution in [3.8, 4) is 0 Å². The number of likely N-dealkylation sites (N-methyl/N-ethyl adjacent to an activating group) is 1. The van der Waals surface area contributed by atoms with Crippen LogP contribution < -0.4 is 0 Å². The third-order valence-electron chi connectivity index (χ3n) is 5.71. The lowest BCUT2D eigenvalue weighted by atomic mass is 10.1. The second-order valence-electron chi connectivity index (χ2n) is 7.52. The molecule has 27 heavy (non-hydrogen) atoms. The van der Waals surface area contributed by atoms with Gasteiger partial charge in [0, 0.05) is 45.8 Å². The minimum atomic E-state index is -0.0435. The molecule has 0 bridgehead atoms. The maximum absolute atomic E-state index is 12.9. The normalized spacial score (nSPS) is 21.6. The summed E-state index contributed by atoms with van der Waals surface area (Å²) >= 11 is 0. The van der Waals surface area contributed by atoms with Gasteiger partial charge in [0.15, 0.2) is 11.5 Å². The first kappa shape index (κ1) is 17.9. The third kappa shape index (κ3) is 3.41. The van der Waals surface area contributed by atoms with Crippen LogP contribution in [0.2, 0.25) is 0 Å². The van der Waals surface area contributed by atoms with E-state index in [2.05, 4.69) is 15.1 Å². The number of aromatic nitrogens is 3. The molecule has 2 aromatic heterocycles. The van der Waals surface area contributed by atoms with Crippen LogP contribution in [0, 0.1) is 0 Å². The maximum atomic E-state index is 12.9. The van der Waals surface area contributed by atoms with Crippen LogP contribution in [0.3, 0.4) is 0 Å². The summed E-state index contributed by atoms with van der Waals surface area (Å²) in [4.78, 5) is 30.6. The van der Waals surface area contributed by atoms with E-state index in [1.807, 2.05) is 39.6 Å². The van der Waals surface area contributed by atoms with E-state index in [1.165, 1.54) is 6.42 Å². The standard InChI is InChI=1S/C19H26N6O2/c1-14(26)24-11-10-22(2)16(13-24)18-21-20-17-7-6-15(12-25(17)18)19(27)23-8-4-3-5-9-23/h6-7,12,16H,3-5,8-11,13H2,1-2H3. The van der Waals surface area contributed by atoms with E-state index in [1.54, 1.807) is 6.92 Å². The van der Waals surface area contributed by atoms with Crippen molar-refractivity contribution in [2.75, 3.05) is 39.8 Å². The summed E-state index contributed by atoms with van der Waals surface area (Å²) in [6, 6.07) is 3.63. The molecule has 0 N–H and O–H groups in total. The van der Waals surface area contributed by atoms with E-state index >= 15 is 0 Å². The van der Waals surface area contributed by atoms with E-state index in [4.69, 9.17) is 0 Å². The van der Waals surface area contributed by atoms with Crippen LogP contribution in [-0.4, -0.2) is 80.9 Å². The van der Waals surface area contributed by atoms with Gasteiger partial charge in [0.05, 0.1) is 11.6 Å². The molecular formula is C19H26N6O2.